The number of rotatable bonds is 12. The van der Waals surface area contributed by atoms with Gasteiger partial charge in [-0.1, -0.05) is 17.2 Å². The van der Waals surface area contributed by atoms with Crippen LogP contribution in [0.15, 0.2) is 44.4 Å². The molecule has 0 aliphatic heterocycles. The first kappa shape index (κ1) is 28.7. The van der Waals surface area contributed by atoms with Gasteiger partial charge in [0.2, 0.25) is 5.91 Å². The average Bonchev–Trinajstić information content (AvgIpc) is 2.83. The highest BCUT2D eigenvalue weighted by Gasteiger charge is 2.21. The van der Waals surface area contributed by atoms with Gasteiger partial charge in [0.05, 0.1) is 22.6 Å². The number of hydrogen-bond donors (Lipinski definition) is 2. The van der Waals surface area contributed by atoms with E-state index in [4.69, 9.17) is 15.0 Å². The maximum absolute atomic E-state index is 12.7. The number of carbonyl (C=O) groups is 3. The zero-order chi connectivity index (χ0) is 26.7. The fourth-order valence-electron chi connectivity index (χ4n) is 2.89. The van der Waals surface area contributed by atoms with Gasteiger partial charge in [-0.3, -0.25) is 24.5 Å². The maximum Gasteiger partial charge on any atom is 0.310 e. The molecule has 0 spiro atoms. The van der Waals surface area contributed by atoms with Crippen molar-refractivity contribution in [3.8, 4) is 0 Å². The van der Waals surface area contributed by atoms with Crippen molar-refractivity contribution in [3.63, 3.8) is 0 Å². The minimum Gasteiger partial charge on any atom is -0.461 e. The van der Waals surface area contributed by atoms with Crippen molar-refractivity contribution in [3.05, 3.63) is 76.5 Å². The summed E-state index contributed by atoms with van der Waals surface area (Å²) in [6, 6.07) is 6.97. The molecule has 2 aromatic rings. The van der Waals surface area contributed by atoms with Gasteiger partial charge in [0.25, 0.3) is 11.6 Å². The van der Waals surface area contributed by atoms with E-state index >= 15 is 0 Å². The van der Waals surface area contributed by atoms with Crippen molar-refractivity contribution in [1.29, 1.82) is 0 Å². The van der Waals surface area contributed by atoms with Gasteiger partial charge in [-0.25, -0.2) is 0 Å². The molecule has 0 bridgehead atoms. The molecule has 0 unspecified atom stereocenters. The number of nitrogens with one attached hydrogen (secondary N) is 2. The smallest absolute Gasteiger partial charge is 0.310 e. The summed E-state index contributed by atoms with van der Waals surface area (Å²) in [6.45, 7) is -0.0491. The maximum atomic E-state index is 12.7. The number of nitro benzene ring substituents is 1. The van der Waals surface area contributed by atoms with Crippen LogP contribution in [-0.4, -0.2) is 49.5 Å². The Balaban J connectivity index is 2.08. The normalized spacial score (nSPS) is 10.2. The van der Waals surface area contributed by atoms with Gasteiger partial charge >= 0.3 is 5.97 Å². The van der Waals surface area contributed by atoms with Crippen molar-refractivity contribution in [2.45, 2.75) is 13.0 Å². The number of hydrogen-bond acceptors (Lipinski definition) is 8. The zero-order valence-corrected chi connectivity index (χ0v) is 22.0. The van der Waals surface area contributed by atoms with Crippen LogP contribution < -0.4 is 10.6 Å². The Morgan fingerprint density at radius 1 is 1.17 bits per heavy atom. The van der Waals surface area contributed by atoms with Crippen LogP contribution in [0.2, 0.25) is 0 Å². The molecule has 190 valence electrons. The van der Waals surface area contributed by atoms with Crippen LogP contribution in [0.25, 0.3) is 10.4 Å². The van der Waals surface area contributed by atoms with Crippen LogP contribution in [-0.2, 0) is 32.1 Å². The van der Waals surface area contributed by atoms with Gasteiger partial charge in [0, 0.05) is 51.8 Å². The summed E-state index contributed by atoms with van der Waals surface area (Å²) in [4.78, 5) is 49.3. The Morgan fingerprint density at radius 3 is 2.44 bits per heavy atom. The molecule has 2 rings (SSSR count). The van der Waals surface area contributed by atoms with Crippen molar-refractivity contribution >= 4 is 61.0 Å². The predicted molar refractivity (Wildman–Crippen MR) is 134 cm³/mol. The van der Waals surface area contributed by atoms with E-state index in [0.29, 0.717) is 15.6 Å². The van der Waals surface area contributed by atoms with Crippen molar-refractivity contribution in [2.24, 2.45) is 5.11 Å². The molecule has 0 atom stereocenters. The molecule has 0 radical (unpaired) electrons. The van der Waals surface area contributed by atoms with Gasteiger partial charge in [0.15, 0.2) is 0 Å². The number of benzene rings is 2. The van der Waals surface area contributed by atoms with Gasteiger partial charge in [-0.05, 0) is 49.0 Å². The summed E-state index contributed by atoms with van der Waals surface area (Å²) in [5.74, 6) is -1.45. The summed E-state index contributed by atoms with van der Waals surface area (Å²) >= 11 is 6.59. The van der Waals surface area contributed by atoms with Crippen LogP contribution in [0, 0.1) is 10.1 Å². The first-order valence-electron chi connectivity index (χ1n) is 10.2. The molecule has 0 aromatic heterocycles. The first-order valence-corrected chi connectivity index (χ1v) is 11.7. The number of carbonyl (C=O) groups excluding carboxylic acids is 3. The van der Waals surface area contributed by atoms with Crippen LogP contribution in [0.1, 0.15) is 21.5 Å². The number of esters is 1. The van der Waals surface area contributed by atoms with Crippen molar-refractivity contribution in [2.75, 3.05) is 26.8 Å². The molecule has 2 aromatic carbocycles. The summed E-state index contributed by atoms with van der Waals surface area (Å²) in [7, 11) is 1.39. The Hall–Kier alpha value is -3.52. The van der Waals surface area contributed by atoms with Gasteiger partial charge < -0.3 is 20.1 Å². The predicted octanol–water partition coefficient (Wildman–Crippen LogP) is 3.84. The Labute approximate surface area is 221 Å². The Bertz CT molecular complexity index is 1200. The summed E-state index contributed by atoms with van der Waals surface area (Å²) in [6.07, 6.45) is -0.126. The molecule has 0 saturated heterocycles. The van der Waals surface area contributed by atoms with Gasteiger partial charge in [0.1, 0.15) is 13.2 Å². The molecule has 0 aliphatic rings. The number of methoxy groups -OCH3 is 1. The Kier molecular flexibility index (Phi) is 11.3. The van der Waals surface area contributed by atoms with E-state index in [1.54, 1.807) is 0 Å². The van der Waals surface area contributed by atoms with E-state index in [-0.39, 0.29) is 60.0 Å². The highest BCUT2D eigenvalue weighted by atomic mass is 79.9. The van der Waals surface area contributed by atoms with Crippen LogP contribution in [0.4, 0.5) is 11.4 Å². The second-order valence-electron chi connectivity index (χ2n) is 7.04. The minimum absolute atomic E-state index is 0.0578. The second-order valence-corrected chi connectivity index (χ2v) is 8.69. The third kappa shape index (κ3) is 8.30. The largest absolute Gasteiger partial charge is 0.461 e. The molecule has 2 amide bonds. The number of ether oxygens (including phenoxy) is 2. The lowest BCUT2D eigenvalue weighted by Crippen LogP contribution is -2.36. The lowest BCUT2D eigenvalue weighted by molar-refractivity contribution is -0.384. The fourth-order valence-corrected chi connectivity index (χ4v) is 4.54. The number of nitro groups is 1. The molecule has 36 heavy (non-hydrogen) atoms. The fraction of sp³-hybridized carbons (Fsp3) is 0.286. The monoisotopic (exact) mass is 626 g/mol. The molecular weight excluding hydrogens is 608 g/mol. The molecular formula is C21H20Br2N6O7. The molecule has 0 fully saturated rings. The van der Waals surface area contributed by atoms with Crippen LogP contribution >= 0.6 is 31.9 Å². The number of non-ortho nitro benzene ring substituents is 1. The number of halogens is 2. The lowest BCUT2D eigenvalue weighted by atomic mass is 10.1. The SMILES string of the molecule is COCC(=O)NCCNC(=O)c1c(Br)cc(COC(=O)Cc2ccc([N+](=O)[O-])cc2)c(N=[N+]=[N-])c1Br. The summed E-state index contributed by atoms with van der Waals surface area (Å²) < 4.78 is 10.5. The van der Waals surface area contributed by atoms with Gasteiger partial charge in [-0.2, -0.15) is 0 Å². The second kappa shape index (κ2) is 14.1. The quantitative estimate of drug-likeness (QED) is 0.0680. The molecule has 0 heterocycles. The standard InChI is InChI=1S/C21H20Br2N6O7/c1-35-11-16(30)25-6-7-26-21(32)18-15(22)9-13(20(19(18)23)27-28-24)10-36-17(31)8-12-2-4-14(5-3-12)29(33)34/h2-5,9H,6-8,10-11H2,1H3,(H,25,30)(H,26,32). The average molecular weight is 628 g/mol. The molecule has 13 nitrogen and oxygen atoms in total. The first-order chi connectivity index (χ1) is 17.2. The van der Waals surface area contributed by atoms with E-state index in [9.17, 15) is 24.5 Å². The zero-order valence-electron chi connectivity index (χ0n) is 18.8. The van der Waals surface area contributed by atoms with E-state index in [2.05, 4.69) is 52.5 Å². The molecule has 0 saturated carbocycles. The lowest BCUT2D eigenvalue weighted by Gasteiger charge is -2.15. The highest BCUT2D eigenvalue weighted by Crippen LogP contribution is 2.38. The molecule has 15 heteroatoms. The molecule has 2 N–H and O–H groups in total. The number of amides is 2. The van der Waals surface area contributed by atoms with E-state index in [0.717, 1.165) is 0 Å². The minimum atomic E-state index is -0.611. The third-order valence-electron chi connectivity index (χ3n) is 4.54. The third-order valence-corrected chi connectivity index (χ3v) is 5.93. The van der Waals surface area contributed by atoms with E-state index in [1.807, 2.05) is 0 Å². The Morgan fingerprint density at radius 2 is 1.83 bits per heavy atom. The molecule has 0 aliphatic carbocycles. The van der Waals surface area contributed by atoms with Crippen molar-refractivity contribution in [1.82, 2.24) is 10.6 Å². The number of azide groups is 1. The van der Waals surface area contributed by atoms with Gasteiger partial charge in [-0.15, -0.1) is 0 Å². The summed E-state index contributed by atoms with van der Waals surface area (Å²) in [5, 5.41) is 19.6. The van der Waals surface area contributed by atoms with Crippen LogP contribution in [0.5, 0.6) is 0 Å². The van der Waals surface area contributed by atoms with Crippen molar-refractivity contribution < 1.29 is 28.8 Å². The topological polar surface area (TPSA) is 186 Å². The highest BCUT2D eigenvalue weighted by molar-refractivity contribution is 9.11. The van der Waals surface area contributed by atoms with E-state index < -0.39 is 16.8 Å². The number of nitrogens with zero attached hydrogens (tertiary/aromatic N) is 4. The van der Waals surface area contributed by atoms with E-state index in [1.165, 1.54) is 37.4 Å². The van der Waals surface area contributed by atoms with Crippen LogP contribution in [0.3, 0.4) is 0 Å². The summed E-state index contributed by atoms with van der Waals surface area (Å²) in [5.41, 5.74) is 9.94.